The molecule has 3 nitrogen and oxygen atoms in total. The van der Waals surface area contributed by atoms with Crippen molar-refractivity contribution in [3.63, 3.8) is 0 Å². The molecule has 1 aromatic carbocycles. The predicted molar refractivity (Wildman–Crippen MR) is 149 cm³/mol. The number of esters is 1. The molecule has 1 aromatic rings. The Morgan fingerprint density at radius 2 is 1.26 bits per heavy atom. The Bertz CT molecular complexity index is 768. The van der Waals surface area contributed by atoms with Crippen LogP contribution in [0.3, 0.4) is 0 Å². The lowest BCUT2D eigenvalue weighted by Crippen LogP contribution is -2.45. The van der Waals surface area contributed by atoms with E-state index in [9.17, 15) is 9.00 Å². The Labute approximate surface area is 222 Å². The molecule has 35 heavy (non-hydrogen) atoms. The molecule has 1 aliphatic rings. The fourth-order valence-electron chi connectivity index (χ4n) is 5.29. The van der Waals surface area contributed by atoms with E-state index >= 15 is 0 Å². The number of hydrogen-bond acceptors (Lipinski definition) is 3. The van der Waals surface area contributed by atoms with E-state index in [0.717, 1.165) is 49.0 Å². The van der Waals surface area contributed by atoms with Crippen LogP contribution < -0.4 is 0 Å². The SMILES string of the molecule is Cc1ccc(S(=O)C(Cl)C2([C@@H](C)C(=O)OC(C)(C)C)CCCCCCCCCCCCCC2)cc1. The molecule has 0 saturated heterocycles. The third kappa shape index (κ3) is 9.84. The molecule has 0 heterocycles. The van der Waals surface area contributed by atoms with Crippen LogP contribution in [0.2, 0.25) is 0 Å². The molecule has 1 saturated carbocycles. The van der Waals surface area contributed by atoms with Crippen molar-refractivity contribution < 1.29 is 13.7 Å². The van der Waals surface area contributed by atoms with Gasteiger partial charge in [-0.2, -0.15) is 0 Å². The summed E-state index contributed by atoms with van der Waals surface area (Å²) in [4.78, 5) is 14.2. The molecule has 0 aliphatic heterocycles. The molecule has 2 unspecified atom stereocenters. The monoisotopic (exact) mass is 524 g/mol. The first kappa shape index (κ1) is 30.4. The second kappa shape index (κ2) is 14.8. The minimum Gasteiger partial charge on any atom is -0.460 e. The first-order valence-electron chi connectivity index (χ1n) is 13.9. The van der Waals surface area contributed by atoms with Gasteiger partial charge in [0, 0.05) is 10.3 Å². The standard InChI is InChI=1S/C30H49ClO3S/c1-24-18-20-26(21-19-24)35(33)28(31)30(25(2)27(32)34-29(3,4)5)22-16-14-12-10-8-6-7-9-11-13-15-17-23-30/h18-21,25,28H,6-17,22-23H2,1-5H3/t25-,28?,35?/m0/s1. The molecule has 1 fully saturated rings. The number of aryl methyl sites for hydroxylation is 1. The van der Waals surface area contributed by atoms with Crippen LogP contribution in [0.5, 0.6) is 0 Å². The molecule has 0 aromatic heterocycles. The van der Waals surface area contributed by atoms with Crippen molar-refractivity contribution in [2.24, 2.45) is 11.3 Å². The van der Waals surface area contributed by atoms with E-state index in [1.165, 1.54) is 51.4 Å². The zero-order valence-electron chi connectivity index (χ0n) is 22.9. The van der Waals surface area contributed by atoms with Gasteiger partial charge in [-0.25, -0.2) is 0 Å². The van der Waals surface area contributed by atoms with E-state index in [1.807, 2.05) is 58.9 Å². The van der Waals surface area contributed by atoms with Crippen LogP contribution in [0, 0.1) is 18.3 Å². The van der Waals surface area contributed by atoms with Gasteiger partial charge in [0.1, 0.15) is 10.3 Å². The molecule has 3 atom stereocenters. The summed E-state index contributed by atoms with van der Waals surface area (Å²) in [6.07, 6.45) is 16.2. The third-order valence-electron chi connectivity index (χ3n) is 7.55. The number of benzene rings is 1. The van der Waals surface area contributed by atoms with Crippen molar-refractivity contribution >= 4 is 28.4 Å². The Hall–Kier alpha value is -0.870. The topological polar surface area (TPSA) is 43.4 Å². The largest absolute Gasteiger partial charge is 0.460 e. The average molecular weight is 525 g/mol. The van der Waals surface area contributed by atoms with Crippen LogP contribution >= 0.6 is 11.6 Å². The lowest BCUT2D eigenvalue weighted by molar-refractivity contribution is -0.164. The Morgan fingerprint density at radius 3 is 1.66 bits per heavy atom. The number of carbonyl (C=O) groups is 1. The average Bonchev–Trinajstić information content (AvgIpc) is 2.81. The highest BCUT2D eigenvalue weighted by Gasteiger charge is 2.49. The highest BCUT2D eigenvalue weighted by atomic mass is 35.5. The van der Waals surface area contributed by atoms with E-state index in [2.05, 4.69) is 0 Å². The summed E-state index contributed by atoms with van der Waals surface area (Å²) in [5.74, 6) is -0.642. The van der Waals surface area contributed by atoms with E-state index in [0.29, 0.717) is 0 Å². The smallest absolute Gasteiger partial charge is 0.309 e. The van der Waals surface area contributed by atoms with E-state index in [4.69, 9.17) is 16.3 Å². The van der Waals surface area contributed by atoms with E-state index < -0.39 is 32.4 Å². The second-order valence-electron chi connectivity index (χ2n) is 11.7. The number of alkyl halides is 1. The van der Waals surface area contributed by atoms with Crippen LogP contribution in [-0.4, -0.2) is 20.5 Å². The fourth-order valence-corrected chi connectivity index (χ4v) is 7.51. The van der Waals surface area contributed by atoms with Gasteiger partial charge in [-0.15, -0.1) is 11.6 Å². The minimum atomic E-state index is -1.42. The summed E-state index contributed by atoms with van der Waals surface area (Å²) in [7, 11) is -1.42. The van der Waals surface area contributed by atoms with Crippen molar-refractivity contribution in [2.75, 3.05) is 0 Å². The summed E-state index contributed by atoms with van der Waals surface area (Å²) in [6, 6.07) is 7.80. The second-order valence-corrected chi connectivity index (χ2v) is 13.9. The lowest BCUT2D eigenvalue weighted by atomic mass is 9.70. The fraction of sp³-hybridized carbons (Fsp3) is 0.767. The number of hydrogen-bond donors (Lipinski definition) is 0. The first-order chi connectivity index (χ1) is 16.6. The third-order valence-corrected chi connectivity index (χ3v) is 10.1. The predicted octanol–water partition coefficient (Wildman–Crippen LogP) is 9.11. The molecule has 0 bridgehead atoms. The molecule has 1 aliphatic carbocycles. The van der Waals surface area contributed by atoms with Gasteiger partial charge in [-0.05, 0) is 52.7 Å². The van der Waals surface area contributed by atoms with Crippen LogP contribution in [0.4, 0.5) is 0 Å². The van der Waals surface area contributed by atoms with Gasteiger partial charge >= 0.3 is 5.97 Å². The van der Waals surface area contributed by atoms with Crippen LogP contribution in [0.15, 0.2) is 29.2 Å². The Balaban J connectivity index is 2.38. The summed E-state index contributed by atoms with van der Waals surface area (Å²) >= 11 is 7.22. The van der Waals surface area contributed by atoms with Crippen LogP contribution in [0.1, 0.15) is 123 Å². The summed E-state index contributed by atoms with van der Waals surface area (Å²) in [5.41, 5.74) is -0.00743. The van der Waals surface area contributed by atoms with E-state index in [1.54, 1.807) is 0 Å². The highest BCUT2D eigenvalue weighted by Crippen LogP contribution is 2.48. The van der Waals surface area contributed by atoms with Crippen LogP contribution in [-0.2, 0) is 20.3 Å². The normalized spacial score (nSPS) is 21.7. The zero-order valence-corrected chi connectivity index (χ0v) is 24.4. The maximum absolute atomic E-state index is 13.8. The Kier molecular flexibility index (Phi) is 12.8. The van der Waals surface area contributed by atoms with E-state index in [-0.39, 0.29) is 5.97 Å². The molecule has 0 radical (unpaired) electrons. The summed E-state index contributed by atoms with van der Waals surface area (Å²) in [6.45, 7) is 9.71. The van der Waals surface area contributed by atoms with Gasteiger partial charge < -0.3 is 4.74 Å². The van der Waals surface area contributed by atoms with Crippen molar-refractivity contribution in [2.45, 2.75) is 140 Å². The zero-order chi connectivity index (χ0) is 25.9. The maximum atomic E-state index is 13.8. The first-order valence-corrected chi connectivity index (χ1v) is 15.6. The number of rotatable bonds is 5. The summed E-state index contributed by atoms with van der Waals surface area (Å²) < 4.78 is 19.0. The van der Waals surface area contributed by atoms with Crippen LogP contribution in [0.25, 0.3) is 0 Å². The van der Waals surface area contributed by atoms with Gasteiger partial charge in [0.15, 0.2) is 0 Å². The molecular formula is C30H49ClO3S. The molecular weight excluding hydrogens is 476 g/mol. The number of halogens is 1. The molecule has 5 heteroatoms. The highest BCUT2D eigenvalue weighted by molar-refractivity contribution is 7.87. The number of ether oxygens (including phenoxy) is 1. The quantitative estimate of drug-likeness (QED) is 0.285. The van der Waals surface area contributed by atoms with Gasteiger partial charge in [0.2, 0.25) is 0 Å². The maximum Gasteiger partial charge on any atom is 0.309 e. The Morgan fingerprint density at radius 1 is 0.857 bits per heavy atom. The molecule has 2 rings (SSSR count). The van der Waals surface area contributed by atoms with Crippen molar-refractivity contribution in [1.82, 2.24) is 0 Å². The summed E-state index contributed by atoms with van der Waals surface area (Å²) in [5, 5.41) is 0. The van der Waals surface area contributed by atoms with Crippen molar-refractivity contribution in [1.29, 1.82) is 0 Å². The van der Waals surface area contributed by atoms with Gasteiger partial charge in [0.05, 0.1) is 16.7 Å². The van der Waals surface area contributed by atoms with Gasteiger partial charge in [-0.3, -0.25) is 9.00 Å². The molecule has 200 valence electrons. The molecule has 0 N–H and O–H groups in total. The minimum absolute atomic E-state index is 0.220. The van der Waals surface area contributed by atoms with Gasteiger partial charge in [0.25, 0.3) is 0 Å². The van der Waals surface area contributed by atoms with Crippen molar-refractivity contribution in [3.05, 3.63) is 29.8 Å². The molecule has 0 spiro atoms. The van der Waals surface area contributed by atoms with Crippen molar-refractivity contribution in [3.8, 4) is 0 Å². The lowest BCUT2D eigenvalue weighted by Gasteiger charge is -2.42. The number of carbonyl (C=O) groups excluding carboxylic acids is 1. The molecule has 0 amide bonds. The van der Waals surface area contributed by atoms with Gasteiger partial charge in [-0.1, -0.05) is 102 Å².